The van der Waals surface area contributed by atoms with Crippen molar-refractivity contribution in [3.8, 4) is 5.75 Å². The number of phenols is 1. The van der Waals surface area contributed by atoms with Gasteiger partial charge in [0, 0.05) is 5.69 Å². The van der Waals surface area contributed by atoms with Crippen molar-refractivity contribution in [1.29, 1.82) is 0 Å². The maximum absolute atomic E-state index is 9.20. The number of aliphatic hydroxyl groups is 4. The second-order valence-electron chi connectivity index (χ2n) is 4.31. The molecule has 0 radical (unpaired) electrons. The third-order valence-corrected chi connectivity index (χ3v) is 3.19. The third kappa shape index (κ3) is 4.51. The predicted molar refractivity (Wildman–Crippen MR) is 75.3 cm³/mol. The molecule has 1 aliphatic heterocycles. The van der Waals surface area contributed by atoms with Crippen molar-refractivity contribution >= 4 is 18.3 Å². The van der Waals surface area contributed by atoms with Gasteiger partial charge in [-0.1, -0.05) is 0 Å². The van der Waals surface area contributed by atoms with Gasteiger partial charge in [0.25, 0.3) is 0 Å². The number of aromatic hydroxyl groups is 1. The fraction of sp³-hybridized carbons (Fsp3) is 0.500. The first-order valence-corrected chi connectivity index (χ1v) is 6.41. The van der Waals surface area contributed by atoms with Gasteiger partial charge >= 0.3 is 0 Å². The summed E-state index contributed by atoms with van der Waals surface area (Å²) in [6, 6.07) is 6.40. The van der Waals surface area contributed by atoms with E-state index in [-0.39, 0.29) is 5.75 Å². The zero-order valence-corrected chi connectivity index (χ0v) is 11.5. The van der Waals surface area contributed by atoms with Crippen LogP contribution in [0.1, 0.15) is 0 Å². The number of nitrogens with two attached hydrogens (primary N) is 1. The van der Waals surface area contributed by atoms with Gasteiger partial charge in [-0.25, -0.2) is 0 Å². The van der Waals surface area contributed by atoms with E-state index in [2.05, 4.69) is 12.6 Å². The number of phenolic OH excluding ortho intramolecular Hbond substituents is 1. The number of hydrogen-bond acceptors (Lipinski definition) is 8. The molecule has 1 aromatic carbocycles. The molecule has 1 aliphatic rings. The van der Waals surface area contributed by atoms with E-state index in [4.69, 9.17) is 25.8 Å². The summed E-state index contributed by atoms with van der Waals surface area (Å²) in [5.74, 6) is 0.249. The zero-order valence-electron chi connectivity index (χ0n) is 10.6. The number of ether oxygens (including phenoxy) is 1. The molecule has 114 valence electrons. The summed E-state index contributed by atoms with van der Waals surface area (Å²) >= 11 is 3.81. The quantitative estimate of drug-likeness (QED) is 0.194. The average Bonchev–Trinajstić information content (AvgIpc) is 2.44. The molecule has 0 aliphatic carbocycles. The summed E-state index contributed by atoms with van der Waals surface area (Å²) in [4.78, 5) is 0. The highest BCUT2D eigenvalue weighted by Gasteiger charge is 2.41. The molecule has 7 N–H and O–H groups in total. The van der Waals surface area contributed by atoms with Crippen molar-refractivity contribution < 1.29 is 30.3 Å². The summed E-state index contributed by atoms with van der Waals surface area (Å²) < 4.78 is 4.88. The maximum Gasteiger partial charge on any atom is 0.129 e. The Bertz CT molecular complexity index is 378. The Hall–Kier alpha value is -1.03. The first-order valence-electron chi connectivity index (χ1n) is 5.90. The lowest BCUT2D eigenvalue weighted by Crippen LogP contribution is -2.56. The van der Waals surface area contributed by atoms with Gasteiger partial charge in [-0.05, 0) is 24.3 Å². The molecule has 7 nitrogen and oxygen atoms in total. The lowest BCUT2D eigenvalue weighted by atomic mass is 10.0. The molecule has 1 fully saturated rings. The summed E-state index contributed by atoms with van der Waals surface area (Å²) in [5.41, 5.74) is 5.11. The molecule has 2 rings (SSSR count). The molecule has 0 spiro atoms. The number of rotatable bonds is 1. The van der Waals surface area contributed by atoms with Crippen LogP contribution in [0, 0.1) is 0 Å². The molecule has 1 heterocycles. The van der Waals surface area contributed by atoms with Crippen LogP contribution in [-0.2, 0) is 4.74 Å². The van der Waals surface area contributed by atoms with Gasteiger partial charge in [0.15, 0.2) is 0 Å². The first-order chi connectivity index (χ1) is 9.36. The number of anilines is 1. The van der Waals surface area contributed by atoms with Crippen molar-refractivity contribution in [2.45, 2.75) is 29.9 Å². The Labute approximate surface area is 121 Å². The second kappa shape index (κ2) is 7.67. The van der Waals surface area contributed by atoms with Gasteiger partial charge in [-0.15, -0.1) is 12.6 Å². The summed E-state index contributed by atoms with van der Waals surface area (Å²) in [7, 11) is 0. The van der Waals surface area contributed by atoms with Gasteiger partial charge in [-0.3, -0.25) is 0 Å². The molecule has 8 heteroatoms. The average molecular weight is 305 g/mol. The summed E-state index contributed by atoms with van der Waals surface area (Å²) in [5, 5.41) is 44.9. The van der Waals surface area contributed by atoms with Crippen molar-refractivity contribution in [2.75, 3.05) is 12.3 Å². The largest absolute Gasteiger partial charge is 0.508 e. The van der Waals surface area contributed by atoms with Crippen LogP contribution in [0.4, 0.5) is 5.69 Å². The molecule has 0 amide bonds. The highest BCUT2D eigenvalue weighted by atomic mass is 32.1. The molecule has 1 aromatic rings. The topological polar surface area (TPSA) is 136 Å². The van der Waals surface area contributed by atoms with Gasteiger partial charge in [0.05, 0.1) is 6.61 Å². The highest BCUT2D eigenvalue weighted by Crippen LogP contribution is 2.22. The molecule has 0 saturated carbocycles. The van der Waals surface area contributed by atoms with E-state index in [0.717, 1.165) is 0 Å². The minimum absolute atomic E-state index is 0.249. The minimum atomic E-state index is -1.32. The van der Waals surface area contributed by atoms with Gasteiger partial charge in [-0.2, -0.15) is 0 Å². The fourth-order valence-corrected chi connectivity index (χ4v) is 1.89. The summed E-state index contributed by atoms with van der Waals surface area (Å²) in [6.07, 6.45) is -4.70. The van der Waals surface area contributed by atoms with Gasteiger partial charge in [0.1, 0.15) is 35.6 Å². The molecule has 0 unspecified atom stereocenters. The van der Waals surface area contributed by atoms with E-state index in [9.17, 15) is 10.2 Å². The maximum atomic E-state index is 9.20. The fourth-order valence-electron chi connectivity index (χ4n) is 1.56. The van der Waals surface area contributed by atoms with Crippen LogP contribution in [0.5, 0.6) is 5.75 Å². The van der Waals surface area contributed by atoms with E-state index in [1.54, 1.807) is 24.3 Å². The smallest absolute Gasteiger partial charge is 0.129 e. The molecule has 1 saturated heterocycles. The molecular formula is C12H19NO6S. The predicted octanol–water partition coefficient (Wildman–Crippen LogP) is -1.31. The number of aliphatic hydroxyl groups excluding tert-OH is 4. The van der Waals surface area contributed by atoms with Crippen molar-refractivity contribution in [1.82, 2.24) is 0 Å². The number of thiol groups is 1. The molecule has 5 atom stereocenters. The molecule has 20 heavy (non-hydrogen) atoms. The van der Waals surface area contributed by atoms with E-state index < -0.39 is 36.5 Å². The third-order valence-electron chi connectivity index (χ3n) is 2.76. The summed E-state index contributed by atoms with van der Waals surface area (Å²) in [6.45, 7) is -0.415. The number of hydrogen-bond donors (Lipinski definition) is 7. The Balaban J connectivity index is 0.000000217. The van der Waals surface area contributed by atoms with Crippen LogP contribution in [0.2, 0.25) is 0 Å². The van der Waals surface area contributed by atoms with Crippen LogP contribution < -0.4 is 5.73 Å². The first kappa shape index (κ1) is 17.0. The molecule has 0 bridgehead atoms. The van der Waals surface area contributed by atoms with E-state index in [0.29, 0.717) is 5.69 Å². The van der Waals surface area contributed by atoms with Gasteiger partial charge in [0.2, 0.25) is 0 Å². The van der Waals surface area contributed by atoms with Crippen LogP contribution in [-0.4, -0.2) is 62.0 Å². The molecular weight excluding hydrogens is 286 g/mol. The van der Waals surface area contributed by atoms with Crippen molar-refractivity contribution in [3.63, 3.8) is 0 Å². The van der Waals surface area contributed by atoms with E-state index in [1.807, 2.05) is 0 Å². The standard InChI is InChI=1S/C6H7NO.C6H12O5S/c7-5-1-3-6(8)4-2-5;7-1-2-3(8)4(9)5(10)6(12)11-2/h1-4,8H,7H2;2-10,12H,1H2/t;2-,3+,4+,5-,6+/m.1/s1. The van der Waals surface area contributed by atoms with Crippen LogP contribution in [0.15, 0.2) is 24.3 Å². The Morgan fingerprint density at radius 3 is 2.05 bits per heavy atom. The number of nitrogen functional groups attached to an aromatic ring is 1. The second-order valence-corrected chi connectivity index (χ2v) is 4.82. The van der Waals surface area contributed by atoms with Crippen molar-refractivity contribution in [3.05, 3.63) is 24.3 Å². The van der Waals surface area contributed by atoms with Crippen molar-refractivity contribution in [2.24, 2.45) is 0 Å². The highest BCUT2D eigenvalue weighted by molar-refractivity contribution is 7.80. The Kier molecular flexibility index (Phi) is 6.53. The SMILES string of the molecule is Nc1ccc(O)cc1.OC[C@H]1O[C@@H](S)[C@H](O)[C@@H](O)[C@H]1O. The van der Waals surface area contributed by atoms with E-state index >= 15 is 0 Å². The van der Waals surface area contributed by atoms with Crippen LogP contribution >= 0.6 is 12.6 Å². The van der Waals surface area contributed by atoms with Crippen LogP contribution in [0.3, 0.4) is 0 Å². The monoisotopic (exact) mass is 305 g/mol. The lowest BCUT2D eigenvalue weighted by molar-refractivity contribution is -0.205. The normalized spacial score (nSPS) is 33.1. The Morgan fingerprint density at radius 2 is 1.60 bits per heavy atom. The zero-order chi connectivity index (χ0) is 15.3. The minimum Gasteiger partial charge on any atom is -0.508 e. The number of benzene rings is 1. The van der Waals surface area contributed by atoms with Gasteiger partial charge < -0.3 is 36.0 Å². The van der Waals surface area contributed by atoms with E-state index in [1.165, 1.54) is 0 Å². The Morgan fingerprint density at radius 1 is 1.05 bits per heavy atom. The van der Waals surface area contributed by atoms with Crippen LogP contribution in [0.25, 0.3) is 0 Å². The lowest BCUT2D eigenvalue weighted by Gasteiger charge is -2.37. The molecule has 0 aromatic heterocycles.